The first-order valence-corrected chi connectivity index (χ1v) is 10.5. The van der Waals surface area contributed by atoms with Gasteiger partial charge in [-0.2, -0.15) is 4.39 Å². The van der Waals surface area contributed by atoms with Crippen LogP contribution >= 0.6 is 0 Å². The summed E-state index contributed by atoms with van der Waals surface area (Å²) in [6.45, 7) is 1.24. The number of aliphatic hydroxyl groups excluding tert-OH is 1. The number of ether oxygens (including phenoxy) is 1. The zero-order valence-corrected chi connectivity index (χ0v) is 18.4. The molecule has 3 rings (SSSR count). The molecule has 0 spiro atoms. The molecule has 0 radical (unpaired) electrons. The smallest absolute Gasteiger partial charge is 0.406 e. The van der Waals surface area contributed by atoms with E-state index in [9.17, 15) is 23.1 Å². The molecule has 1 aliphatic rings. The number of hydrogen-bond acceptors (Lipinski definition) is 8. The van der Waals surface area contributed by atoms with Crippen LogP contribution in [-0.2, 0) is 11.3 Å². The monoisotopic (exact) mass is 486 g/mol. The van der Waals surface area contributed by atoms with Crippen molar-refractivity contribution in [2.24, 2.45) is 11.7 Å². The molecule has 34 heavy (non-hydrogen) atoms. The first-order valence-electron chi connectivity index (χ1n) is 10.5. The maximum Gasteiger partial charge on any atom is 0.573 e. The summed E-state index contributed by atoms with van der Waals surface area (Å²) in [4.78, 5) is 22.1. The number of nitrogens with one attached hydrogen (secondary N) is 1. The highest BCUT2D eigenvalue weighted by atomic mass is 19.4. The van der Waals surface area contributed by atoms with Gasteiger partial charge in [0.05, 0.1) is 12.6 Å². The molecule has 4 N–H and O–H groups in total. The Bertz CT molecular complexity index is 993. The largest absolute Gasteiger partial charge is 0.573 e. The fourth-order valence-electron chi connectivity index (χ4n) is 3.82. The van der Waals surface area contributed by atoms with Gasteiger partial charge < -0.3 is 25.8 Å². The van der Waals surface area contributed by atoms with Gasteiger partial charge in [-0.25, -0.2) is 9.97 Å². The molecule has 1 fully saturated rings. The molecule has 2 atom stereocenters. The molecule has 186 valence electrons. The normalized spacial score (nSPS) is 19.0. The van der Waals surface area contributed by atoms with Crippen molar-refractivity contribution in [3.8, 4) is 5.75 Å². The van der Waals surface area contributed by atoms with Gasteiger partial charge in [0, 0.05) is 32.6 Å². The Kier molecular flexibility index (Phi) is 8.10. The predicted octanol–water partition coefficient (Wildman–Crippen LogP) is 1.73. The van der Waals surface area contributed by atoms with Crippen molar-refractivity contribution in [2.75, 3.05) is 43.4 Å². The molecule has 2 heterocycles. The van der Waals surface area contributed by atoms with Gasteiger partial charge in [0.1, 0.15) is 12.1 Å². The third-order valence-corrected chi connectivity index (χ3v) is 5.40. The molecule has 0 unspecified atom stereocenters. The van der Waals surface area contributed by atoms with Gasteiger partial charge in [0.2, 0.25) is 11.7 Å². The number of halogens is 4. The first kappa shape index (κ1) is 25.4. The number of aliphatic hydroxyl groups is 1. The van der Waals surface area contributed by atoms with Crippen molar-refractivity contribution < 1.29 is 32.2 Å². The van der Waals surface area contributed by atoms with Crippen molar-refractivity contribution in [1.29, 1.82) is 0 Å². The van der Waals surface area contributed by atoms with E-state index in [1.54, 1.807) is 18.0 Å². The van der Waals surface area contributed by atoms with Gasteiger partial charge in [-0.3, -0.25) is 9.69 Å². The summed E-state index contributed by atoms with van der Waals surface area (Å²) in [5, 5.41) is 13.2. The lowest BCUT2D eigenvalue weighted by atomic mass is 9.94. The number of alkyl halides is 3. The lowest BCUT2D eigenvalue weighted by Crippen LogP contribution is -2.48. The summed E-state index contributed by atoms with van der Waals surface area (Å²) in [6, 6.07) is 5.39. The van der Waals surface area contributed by atoms with E-state index in [0.717, 1.165) is 0 Å². The number of likely N-dealkylation sites (tertiary alicyclic amines) is 1. The second-order valence-electron chi connectivity index (χ2n) is 8.11. The number of rotatable bonds is 9. The molecular formula is C21H26F4N6O3. The van der Waals surface area contributed by atoms with Crippen LogP contribution in [-0.4, -0.2) is 71.6 Å². The van der Waals surface area contributed by atoms with E-state index >= 15 is 4.39 Å². The second-order valence-corrected chi connectivity index (χ2v) is 8.11. The Hall–Kier alpha value is -3.19. The number of nitrogens with zero attached hydrogens (tertiary/aromatic N) is 4. The first-order chi connectivity index (χ1) is 16.0. The molecule has 2 aromatic rings. The molecule has 1 aromatic carbocycles. The SMILES string of the molecule is CN(Cc1cccc(OC(F)(F)F)c1)c1ncnc(NC[C@H]2CCN(CC(N)=O)C[C@@H]2O)c1F. The summed E-state index contributed by atoms with van der Waals surface area (Å²) in [6.07, 6.45) is -3.78. The Morgan fingerprint density at radius 2 is 2.15 bits per heavy atom. The van der Waals surface area contributed by atoms with E-state index in [1.807, 2.05) is 0 Å². The fraction of sp³-hybridized carbons (Fsp3) is 0.476. The highest BCUT2D eigenvalue weighted by Gasteiger charge is 2.31. The predicted molar refractivity (Wildman–Crippen MR) is 115 cm³/mol. The summed E-state index contributed by atoms with van der Waals surface area (Å²) in [5.41, 5.74) is 5.65. The van der Waals surface area contributed by atoms with Crippen molar-refractivity contribution in [2.45, 2.75) is 25.4 Å². The summed E-state index contributed by atoms with van der Waals surface area (Å²) >= 11 is 0. The van der Waals surface area contributed by atoms with Crippen molar-refractivity contribution >= 4 is 17.5 Å². The van der Waals surface area contributed by atoms with E-state index in [0.29, 0.717) is 18.5 Å². The van der Waals surface area contributed by atoms with Crippen LogP contribution in [0.25, 0.3) is 0 Å². The van der Waals surface area contributed by atoms with Crippen molar-refractivity contribution in [1.82, 2.24) is 14.9 Å². The van der Waals surface area contributed by atoms with E-state index in [-0.39, 0.29) is 49.5 Å². The Morgan fingerprint density at radius 1 is 1.38 bits per heavy atom. The lowest BCUT2D eigenvalue weighted by molar-refractivity contribution is -0.274. The van der Waals surface area contributed by atoms with Crippen LogP contribution in [0.5, 0.6) is 5.75 Å². The number of carbonyl (C=O) groups is 1. The van der Waals surface area contributed by atoms with Gasteiger partial charge in [0.25, 0.3) is 0 Å². The number of β-amino-alcohol motifs (C(OH)–C–C–N with tert-alkyl or cyclic N) is 1. The van der Waals surface area contributed by atoms with Gasteiger partial charge >= 0.3 is 6.36 Å². The van der Waals surface area contributed by atoms with Crippen LogP contribution < -0.4 is 20.7 Å². The van der Waals surface area contributed by atoms with E-state index < -0.39 is 24.2 Å². The number of carbonyl (C=O) groups excluding carboxylic acids is 1. The summed E-state index contributed by atoms with van der Waals surface area (Å²) < 4.78 is 56.3. The van der Waals surface area contributed by atoms with Crippen LogP contribution in [0.15, 0.2) is 30.6 Å². The van der Waals surface area contributed by atoms with Crippen LogP contribution in [0, 0.1) is 11.7 Å². The topological polar surface area (TPSA) is 117 Å². The van der Waals surface area contributed by atoms with Crippen molar-refractivity contribution in [3.63, 3.8) is 0 Å². The molecule has 1 aromatic heterocycles. The Balaban J connectivity index is 1.61. The second kappa shape index (κ2) is 10.8. The fourth-order valence-corrected chi connectivity index (χ4v) is 3.82. The number of nitrogens with two attached hydrogens (primary N) is 1. The van der Waals surface area contributed by atoms with Crippen LogP contribution in [0.3, 0.4) is 0 Å². The molecule has 13 heteroatoms. The molecule has 0 saturated carbocycles. The van der Waals surface area contributed by atoms with E-state index in [1.165, 1.54) is 29.4 Å². The zero-order valence-electron chi connectivity index (χ0n) is 18.4. The molecule has 1 aliphatic heterocycles. The quantitative estimate of drug-likeness (QED) is 0.459. The van der Waals surface area contributed by atoms with Gasteiger partial charge in [-0.15, -0.1) is 13.2 Å². The molecule has 0 aliphatic carbocycles. The summed E-state index contributed by atoms with van der Waals surface area (Å²) in [5.74, 6) is -1.86. The third-order valence-electron chi connectivity index (χ3n) is 5.40. The number of primary amides is 1. The number of piperidine rings is 1. The number of benzene rings is 1. The molecule has 0 bridgehead atoms. The van der Waals surface area contributed by atoms with Gasteiger partial charge in [-0.05, 0) is 30.7 Å². The number of anilines is 2. The van der Waals surface area contributed by atoms with Crippen LogP contribution in [0.4, 0.5) is 29.2 Å². The number of hydrogen-bond donors (Lipinski definition) is 3. The Morgan fingerprint density at radius 3 is 2.82 bits per heavy atom. The molecule has 1 amide bonds. The lowest BCUT2D eigenvalue weighted by Gasteiger charge is -2.35. The minimum atomic E-state index is -4.81. The maximum absolute atomic E-state index is 15.1. The molecular weight excluding hydrogens is 460 g/mol. The standard InChI is InChI=1S/C21H26F4N6O3/c1-30(9-13-3-2-4-15(7-13)34-21(23,24)25)20-18(22)19(28-12-29-20)27-8-14-5-6-31(10-16(14)32)11-17(26)33/h2-4,7,12,14,16,32H,5-6,8-11H2,1H3,(H2,26,33)(H,27,28,29)/t14-,16+/m1/s1. The highest BCUT2D eigenvalue weighted by molar-refractivity contribution is 5.75. The van der Waals surface area contributed by atoms with Crippen LogP contribution in [0.1, 0.15) is 12.0 Å². The molecule has 1 saturated heterocycles. The zero-order chi connectivity index (χ0) is 24.9. The van der Waals surface area contributed by atoms with E-state index in [4.69, 9.17) is 5.73 Å². The summed E-state index contributed by atoms with van der Waals surface area (Å²) in [7, 11) is 1.55. The number of aromatic nitrogens is 2. The highest BCUT2D eigenvalue weighted by Crippen LogP contribution is 2.26. The minimum Gasteiger partial charge on any atom is -0.406 e. The maximum atomic E-state index is 15.1. The molecule has 9 nitrogen and oxygen atoms in total. The average molecular weight is 486 g/mol. The van der Waals surface area contributed by atoms with E-state index in [2.05, 4.69) is 20.0 Å². The third kappa shape index (κ3) is 7.15. The van der Waals surface area contributed by atoms with Gasteiger partial charge in [-0.1, -0.05) is 12.1 Å². The average Bonchev–Trinajstić information content (AvgIpc) is 2.72. The van der Waals surface area contributed by atoms with Gasteiger partial charge in [0.15, 0.2) is 11.6 Å². The van der Waals surface area contributed by atoms with Crippen molar-refractivity contribution in [3.05, 3.63) is 42.0 Å². The van der Waals surface area contributed by atoms with Crippen LogP contribution in [0.2, 0.25) is 0 Å². The Labute approximate surface area is 193 Å². The minimum absolute atomic E-state index is 0.0449. The number of amides is 1.